The Morgan fingerprint density at radius 2 is 1.88 bits per heavy atom. The van der Waals surface area contributed by atoms with Crippen LogP contribution in [0.5, 0.6) is 0 Å². The van der Waals surface area contributed by atoms with Gasteiger partial charge in [-0.2, -0.15) is 5.10 Å². The second-order valence-electron chi connectivity index (χ2n) is 6.56. The van der Waals surface area contributed by atoms with Gasteiger partial charge in [0.1, 0.15) is 0 Å². The number of hydrogen-bond acceptors (Lipinski definition) is 4. The van der Waals surface area contributed by atoms with Gasteiger partial charge in [-0.05, 0) is 52.3 Å². The van der Waals surface area contributed by atoms with Crippen molar-refractivity contribution in [2.45, 2.75) is 34.6 Å². The highest BCUT2D eigenvalue weighted by Crippen LogP contribution is 2.23. The molecule has 134 valence electrons. The van der Waals surface area contributed by atoms with Crippen molar-refractivity contribution >= 4 is 12.2 Å². The molecule has 2 aromatic heterocycles. The highest BCUT2D eigenvalue weighted by atomic mass is 16.1. The summed E-state index contributed by atoms with van der Waals surface area (Å²) >= 11 is 0. The number of aryl methyl sites for hydroxylation is 4. The summed E-state index contributed by atoms with van der Waals surface area (Å²) in [4.78, 5) is 18.3. The Bertz CT molecular complexity index is 1040. The van der Waals surface area contributed by atoms with Gasteiger partial charge in [0, 0.05) is 34.4 Å². The summed E-state index contributed by atoms with van der Waals surface area (Å²) in [6.07, 6.45) is 1.74. The average molecular weight is 349 g/mol. The first kappa shape index (κ1) is 17.7. The first-order valence-corrected chi connectivity index (χ1v) is 8.49. The molecule has 0 saturated carbocycles. The third-order valence-electron chi connectivity index (χ3n) is 4.31. The van der Waals surface area contributed by atoms with Gasteiger partial charge >= 0.3 is 0 Å². The van der Waals surface area contributed by atoms with E-state index in [9.17, 15) is 4.79 Å². The molecule has 2 N–H and O–H groups in total. The van der Waals surface area contributed by atoms with Gasteiger partial charge in [0.05, 0.1) is 6.21 Å². The average Bonchev–Trinajstić information content (AvgIpc) is 2.81. The molecule has 3 aromatic rings. The Kier molecular flexibility index (Phi) is 4.75. The zero-order valence-electron chi connectivity index (χ0n) is 15.7. The molecule has 0 atom stereocenters. The lowest BCUT2D eigenvalue weighted by molar-refractivity contribution is 0.952. The summed E-state index contributed by atoms with van der Waals surface area (Å²) in [6.45, 7) is 10.1. The van der Waals surface area contributed by atoms with E-state index in [1.807, 2.05) is 0 Å². The highest BCUT2D eigenvalue weighted by Gasteiger charge is 2.11. The Labute approximate surface area is 152 Å². The van der Waals surface area contributed by atoms with Crippen LogP contribution in [0.15, 0.2) is 40.2 Å². The Morgan fingerprint density at radius 1 is 1.12 bits per heavy atom. The van der Waals surface area contributed by atoms with E-state index in [0.29, 0.717) is 11.6 Å². The Morgan fingerprint density at radius 3 is 2.58 bits per heavy atom. The monoisotopic (exact) mass is 349 g/mol. The zero-order chi connectivity index (χ0) is 18.8. The molecular weight excluding hydrogens is 326 g/mol. The van der Waals surface area contributed by atoms with E-state index in [4.69, 9.17) is 0 Å². The number of hydrogen-bond donors (Lipinski definition) is 2. The highest BCUT2D eigenvalue weighted by molar-refractivity contribution is 5.82. The minimum absolute atomic E-state index is 0.205. The lowest BCUT2D eigenvalue weighted by Crippen LogP contribution is -2.10. The molecule has 0 aliphatic rings. The minimum Gasteiger partial charge on any atom is -0.318 e. The van der Waals surface area contributed by atoms with Crippen molar-refractivity contribution in [2.24, 2.45) is 5.10 Å². The van der Waals surface area contributed by atoms with E-state index in [1.165, 1.54) is 22.9 Å². The van der Waals surface area contributed by atoms with E-state index >= 15 is 0 Å². The summed E-state index contributed by atoms with van der Waals surface area (Å²) in [7, 11) is 0. The summed E-state index contributed by atoms with van der Waals surface area (Å²) in [5.74, 6) is 0.328. The second kappa shape index (κ2) is 7.00. The van der Waals surface area contributed by atoms with Crippen LogP contribution in [0, 0.1) is 34.6 Å². The quantitative estimate of drug-likeness (QED) is 0.559. The molecule has 0 radical (unpaired) electrons. The first-order valence-electron chi connectivity index (χ1n) is 8.49. The summed E-state index contributed by atoms with van der Waals surface area (Å²) in [6, 6.07) is 9.98. The molecule has 0 fully saturated rings. The SMILES string of the molecule is Cc1ccc(-n2c(C)cc(/C=N/Nc3nc(C)cc(=O)[nH]3)c2C)c(C)c1. The molecule has 1 aromatic carbocycles. The molecule has 0 saturated heterocycles. The lowest BCUT2D eigenvalue weighted by atomic mass is 10.1. The number of aromatic nitrogens is 3. The number of anilines is 1. The maximum absolute atomic E-state index is 11.5. The molecule has 0 aliphatic carbocycles. The topological polar surface area (TPSA) is 75.1 Å². The summed E-state index contributed by atoms with van der Waals surface area (Å²) < 4.78 is 2.23. The summed E-state index contributed by atoms with van der Waals surface area (Å²) in [5, 5.41) is 4.22. The van der Waals surface area contributed by atoms with Crippen molar-refractivity contribution in [1.82, 2.24) is 14.5 Å². The van der Waals surface area contributed by atoms with Crippen LogP contribution >= 0.6 is 0 Å². The van der Waals surface area contributed by atoms with Crippen molar-refractivity contribution in [1.29, 1.82) is 0 Å². The van der Waals surface area contributed by atoms with Crippen LogP contribution in [-0.4, -0.2) is 20.7 Å². The van der Waals surface area contributed by atoms with Crippen LogP contribution in [-0.2, 0) is 0 Å². The largest absolute Gasteiger partial charge is 0.318 e. The smallest absolute Gasteiger partial charge is 0.252 e. The fourth-order valence-electron chi connectivity index (χ4n) is 3.14. The van der Waals surface area contributed by atoms with Crippen molar-refractivity contribution in [3.8, 4) is 5.69 Å². The second-order valence-corrected chi connectivity index (χ2v) is 6.56. The molecule has 6 heteroatoms. The molecule has 0 aliphatic heterocycles. The fraction of sp³-hybridized carbons (Fsp3) is 0.250. The van der Waals surface area contributed by atoms with E-state index in [2.05, 4.69) is 77.0 Å². The normalized spacial score (nSPS) is 11.3. The molecule has 26 heavy (non-hydrogen) atoms. The van der Waals surface area contributed by atoms with Gasteiger partial charge in [0.25, 0.3) is 5.56 Å². The van der Waals surface area contributed by atoms with Crippen molar-refractivity contribution in [3.63, 3.8) is 0 Å². The van der Waals surface area contributed by atoms with Gasteiger partial charge in [0.15, 0.2) is 0 Å². The van der Waals surface area contributed by atoms with Gasteiger partial charge in [-0.15, -0.1) is 0 Å². The fourth-order valence-corrected chi connectivity index (χ4v) is 3.14. The van der Waals surface area contributed by atoms with E-state index in [-0.39, 0.29) is 5.56 Å². The predicted molar refractivity (Wildman–Crippen MR) is 106 cm³/mol. The van der Waals surface area contributed by atoms with Gasteiger partial charge in [0.2, 0.25) is 5.95 Å². The number of nitrogens with one attached hydrogen (secondary N) is 2. The van der Waals surface area contributed by atoms with Gasteiger partial charge in [-0.3, -0.25) is 9.78 Å². The summed E-state index contributed by atoms with van der Waals surface area (Å²) in [5.41, 5.74) is 10.1. The van der Waals surface area contributed by atoms with E-state index < -0.39 is 0 Å². The number of benzene rings is 1. The molecule has 0 unspecified atom stereocenters. The number of aromatic amines is 1. The maximum Gasteiger partial charge on any atom is 0.252 e. The van der Waals surface area contributed by atoms with Crippen LogP contribution in [0.1, 0.15) is 33.8 Å². The van der Waals surface area contributed by atoms with Crippen LogP contribution < -0.4 is 11.0 Å². The van der Waals surface area contributed by atoms with Crippen LogP contribution in [0.2, 0.25) is 0 Å². The maximum atomic E-state index is 11.5. The number of nitrogens with zero attached hydrogens (tertiary/aromatic N) is 3. The van der Waals surface area contributed by atoms with Crippen LogP contribution in [0.25, 0.3) is 5.69 Å². The Balaban J connectivity index is 1.89. The minimum atomic E-state index is -0.205. The predicted octanol–water partition coefficient (Wildman–Crippen LogP) is 3.55. The van der Waals surface area contributed by atoms with Gasteiger partial charge in [-0.1, -0.05) is 17.7 Å². The molecule has 6 nitrogen and oxygen atoms in total. The molecule has 0 amide bonds. The first-order chi connectivity index (χ1) is 12.3. The molecular formula is C20H23N5O. The van der Waals surface area contributed by atoms with E-state index in [0.717, 1.165) is 17.0 Å². The third kappa shape index (κ3) is 3.59. The van der Waals surface area contributed by atoms with Crippen molar-refractivity contribution < 1.29 is 0 Å². The lowest BCUT2D eigenvalue weighted by Gasteiger charge is -2.13. The van der Waals surface area contributed by atoms with Gasteiger partial charge < -0.3 is 4.57 Å². The number of H-pyrrole nitrogens is 1. The third-order valence-corrected chi connectivity index (χ3v) is 4.31. The van der Waals surface area contributed by atoms with Crippen LogP contribution in [0.3, 0.4) is 0 Å². The standard InChI is InChI=1S/C20H23N5O/c1-12-6-7-18(13(2)8-12)25-15(4)10-17(16(25)5)11-21-24-20-22-14(3)9-19(26)23-20/h6-11H,1-5H3,(H2,22,23,24,26)/b21-11+. The zero-order valence-corrected chi connectivity index (χ0v) is 15.7. The van der Waals surface area contributed by atoms with Crippen molar-refractivity contribution in [3.05, 3.63) is 74.5 Å². The molecule has 2 heterocycles. The molecule has 0 spiro atoms. The van der Waals surface area contributed by atoms with E-state index in [1.54, 1.807) is 13.1 Å². The van der Waals surface area contributed by atoms with Gasteiger partial charge in [-0.25, -0.2) is 10.4 Å². The van der Waals surface area contributed by atoms with Crippen LogP contribution in [0.4, 0.5) is 5.95 Å². The molecule has 3 rings (SSSR count). The number of rotatable bonds is 4. The van der Waals surface area contributed by atoms with Crippen molar-refractivity contribution in [2.75, 3.05) is 5.43 Å². The number of hydrazone groups is 1. The Hall–Kier alpha value is -3.15. The molecule has 0 bridgehead atoms.